The van der Waals surface area contributed by atoms with Crippen LogP contribution in [0.4, 0.5) is 24.5 Å². The van der Waals surface area contributed by atoms with E-state index in [9.17, 15) is 18.0 Å². The van der Waals surface area contributed by atoms with E-state index in [1.165, 1.54) is 43.8 Å². The van der Waals surface area contributed by atoms with Crippen LogP contribution in [0.5, 0.6) is 5.75 Å². The molecule has 0 bridgehead atoms. The minimum Gasteiger partial charge on any atom is -0.493 e. The number of halogens is 5. The number of hydrogen-bond acceptors (Lipinski definition) is 6. The van der Waals surface area contributed by atoms with Gasteiger partial charge in [0, 0.05) is 23.2 Å². The third-order valence-corrected chi connectivity index (χ3v) is 5.08. The molecular weight excluding hydrogens is 486 g/mol. The second-order valence-corrected chi connectivity index (χ2v) is 7.35. The first-order valence-electron chi connectivity index (χ1n) is 9.08. The van der Waals surface area contributed by atoms with Gasteiger partial charge in [0.2, 0.25) is 0 Å². The van der Waals surface area contributed by atoms with E-state index in [0.29, 0.717) is 22.1 Å². The molecule has 7 nitrogen and oxygen atoms in total. The highest BCUT2D eigenvalue weighted by molar-refractivity contribution is 6.40. The zero-order chi connectivity index (χ0) is 23.8. The molecule has 1 amide bonds. The number of ether oxygens (including phenoxy) is 2. The Labute approximate surface area is 193 Å². The molecule has 0 atom stereocenters. The Kier molecular flexibility index (Phi) is 6.05. The van der Waals surface area contributed by atoms with E-state index in [-0.39, 0.29) is 39.0 Å². The van der Waals surface area contributed by atoms with Crippen LogP contribution in [0.15, 0.2) is 52.1 Å². The van der Waals surface area contributed by atoms with Crippen LogP contribution in [0, 0.1) is 0 Å². The van der Waals surface area contributed by atoms with Crippen LogP contribution in [0.25, 0.3) is 21.9 Å². The van der Waals surface area contributed by atoms with Crippen molar-refractivity contribution in [1.82, 2.24) is 4.98 Å². The summed E-state index contributed by atoms with van der Waals surface area (Å²) in [4.78, 5) is 20.6. The van der Waals surface area contributed by atoms with Crippen LogP contribution >= 0.6 is 23.2 Å². The number of methoxy groups -OCH3 is 1. The second kappa shape index (κ2) is 8.80. The summed E-state index contributed by atoms with van der Waals surface area (Å²) in [6, 6.07) is 7.46. The molecule has 0 spiro atoms. The molecule has 2 aromatic heterocycles. The Hall–Kier alpha value is -3.50. The number of alkyl halides is 3. The lowest BCUT2D eigenvalue weighted by molar-refractivity contribution is -0.280. The molecule has 170 valence electrons. The summed E-state index contributed by atoms with van der Waals surface area (Å²) in [6.45, 7) is 0. The number of benzene rings is 2. The summed E-state index contributed by atoms with van der Waals surface area (Å²) in [5.41, 5.74) is 1.12. The molecule has 0 aliphatic carbocycles. The maximum atomic E-state index is 13.1. The Morgan fingerprint density at radius 2 is 1.91 bits per heavy atom. The lowest BCUT2D eigenvalue weighted by Crippen LogP contribution is -2.13. The van der Waals surface area contributed by atoms with E-state index in [2.05, 4.69) is 20.0 Å². The van der Waals surface area contributed by atoms with Crippen LogP contribution in [0.1, 0.15) is 10.4 Å². The molecule has 0 radical (unpaired) electrons. The van der Waals surface area contributed by atoms with Gasteiger partial charge in [-0.3, -0.25) is 9.78 Å². The minimum absolute atomic E-state index is 0.138. The molecule has 12 heteroatoms. The molecule has 1 N–H and O–H groups in total. The molecule has 0 fully saturated rings. The van der Waals surface area contributed by atoms with E-state index in [0.717, 1.165) is 0 Å². The maximum absolute atomic E-state index is 13.1. The number of fused-ring (bicyclic) bond motifs is 3. The zero-order valence-corrected chi connectivity index (χ0v) is 18.0. The van der Waals surface area contributed by atoms with Gasteiger partial charge in [0.15, 0.2) is 17.7 Å². The molecule has 0 unspecified atom stereocenters. The van der Waals surface area contributed by atoms with Crippen molar-refractivity contribution in [1.29, 1.82) is 0 Å². The van der Waals surface area contributed by atoms with Gasteiger partial charge in [-0.15, -0.1) is 13.2 Å². The van der Waals surface area contributed by atoms with Crippen LogP contribution in [-0.4, -0.2) is 30.8 Å². The third-order valence-electron chi connectivity index (χ3n) is 4.51. The van der Waals surface area contributed by atoms with E-state index in [1.807, 2.05) is 0 Å². The number of aromatic nitrogens is 1. The van der Waals surface area contributed by atoms with Gasteiger partial charge in [-0.1, -0.05) is 23.2 Å². The topological polar surface area (TPSA) is 86.0 Å². The Balaban J connectivity index is 1.83. The molecule has 4 rings (SSSR count). The molecule has 2 heterocycles. The van der Waals surface area contributed by atoms with Gasteiger partial charge in [-0.2, -0.15) is 0 Å². The number of hydrogen-bond donors (Lipinski definition) is 1. The van der Waals surface area contributed by atoms with E-state index in [1.54, 1.807) is 6.07 Å². The predicted octanol–water partition coefficient (Wildman–Crippen LogP) is 6.74. The summed E-state index contributed by atoms with van der Waals surface area (Å²) in [5.74, 6) is -0.210. The van der Waals surface area contributed by atoms with Gasteiger partial charge in [-0.05, 0) is 30.3 Å². The molecule has 2 aromatic carbocycles. The van der Waals surface area contributed by atoms with Crippen molar-refractivity contribution in [3.05, 3.63) is 58.3 Å². The van der Waals surface area contributed by atoms with Crippen LogP contribution in [0.2, 0.25) is 10.0 Å². The van der Waals surface area contributed by atoms with Crippen molar-refractivity contribution >= 4 is 68.8 Å². The summed E-state index contributed by atoms with van der Waals surface area (Å²) in [6.07, 6.45) is -1.92. The van der Waals surface area contributed by atoms with Crippen molar-refractivity contribution in [3.8, 4) is 5.75 Å². The van der Waals surface area contributed by atoms with Crippen LogP contribution in [-0.2, 0) is 4.74 Å². The number of furan rings is 1. The van der Waals surface area contributed by atoms with Gasteiger partial charge in [0.25, 0.3) is 5.91 Å². The van der Waals surface area contributed by atoms with E-state index >= 15 is 0 Å². The van der Waals surface area contributed by atoms with Crippen molar-refractivity contribution in [3.63, 3.8) is 0 Å². The van der Waals surface area contributed by atoms with Gasteiger partial charge in [0.1, 0.15) is 5.58 Å². The fraction of sp³-hybridized carbons (Fsp3) is 0.0952. The van der Waals surface area contributed by atoms with Gasteiger partial charge < -0.3 is 19.2 Å². The molecule has 33 heavy (non-hydrogen) atoms. The van der Waals surface area contributed by atoms with Crippen LogP contribution < -0.4 is 10.1 Å². The number of carbonyl (C=O) groups excluding carboxylic acids is 1. The van der Waals surface area contributed by atoms with Crippen molar-refractivity contribution in [2.75, 3.05) is 12.4 Å². The fourth-order valence-corrected chi connectivity index (χ4v) is 3.59. The smallest absolute Gasteiger partial charge is 0.493 e. The fourth-order valence-electron chi connectivity index (χ4n) is 3.13. The van der Waals surface area contributed by atoms with Gasteiger partial charge in [0.05, 0.1) is 34.1 Å². The highest BCUT2D eigenvalue weighted by atomic mass is 35.5. The first-order valence-corrected chi connectivity index (χ1v) is 9.84. The van der Waals surface area contributed by atoms with Gasteiger partial charge >= 0.3 is 6.36 Å². The number of rotatable bonds is 5. The molecule has 0 saturated heterocycles. The molecule has 0 aliphatic heterocycles. The number of carbonyl (C=O) groups is 1. The summed E-state index contributed by atoms with van der Waals surface area (Å²) in [5, 5.41) is 3.70. The lowest BCUT2D eigenvalue weighted by Gasteiger charge is -2.10. The largest absolute Gasteiger partial charge is 0.573 e. The maximum Gasteiger partial charge on any atom is 0.573 e. The standard InChI is InChI=1S/C21H12Cl2F3N3O4/c1-31-16-5-3-11(20(30)29-18-13(22)7-27-8-14(18)23)17-12-6-10(28-9-32-21(24,25)26)2-4-15(12)33-19(16)17/h2-9H,1H3,(H,27,29,30). The van der Waals surface area contributed by atoms with Crippen molar-refractivity contribution < 1.29 is 31.9 Å². The summed E-state index contributed by atoms with van der Waals surface area (Å²) in [7, 11) is 1.43. The van der Waals surface area contributed by atoms with Crippen molar-refractivity contribution in [2.24, 2.45) is 4.99 Å². The van der Waals surface area contributed by atoms with E-state index < -0.39 is 12.3 Å². The second-order valence-electron chi connectivity index (χ2n) is 6.53. The highest BCUT2D eigenvalue weighted by Crippen LogP contribution is 2.39. The Morgan fingerprint density at radius 1 is 1.18 bits per heavy atom. The molecule has 4 aromatic rings. The number of amides is 1. The third kappa shape index (κ3) is 4.67. The highest BCUT2D eigenvalue weighted by Gasteiger charge is 2.29. The average Bonchev–Trinajstić information content (AvgIpc) is 3.14. The minimum atomic E-state index is -4.86. The predicted molar refractivity (Wildman–Crippen MR) is 118 cm³/mol. The quantitative estimate of drug-likeness (QED) is 0.243. The Morgan fingerprint density at radius 3 is 2.58 bits per heavy atom. The zero-order valence-electron chi connectivity index (χ0n) is 16.5. The number of pyridine rings is 1. The Bertz CT molecular complexity index is 1380. The summed E-state index contributed by atoms with van der Waals surface area (Å²) >= 11 is 12.2. The van der Waals surface area contributed by atoms with Crippen LogP contribution in [0.3, 0.4) is 0 Å². The average molecular weight is 498 g/mol. The number of nitrogens with one attached hydrogen (secondary N) is 1. The molecular formula is C21H12Cl2F3N3O4. The first-order chi connectivity index (χ1) is 15.7. The first kappa shape index (κ1) is 22.7. The SMILES string of the molecule is COc1ccc(C(=O)Nc2c(Cl)cncc2Cl)c2c1oc1ccc(N=COC(F)(F)F)cc12. The number of nitrogens with zero attached hydrogens (tertiary/aromatic N) is 2. The molecule has 0 saturated carbocycles. The number of aliphatic imine (C=N–C) groups is 1. The van der Waals surface area contributed by atoms with E-state index in [4.69, 9.17) is 32.4 Å². The monoisotopic (exact) mass is 497 g/mol. The lowest BCUT2D eigenvalue weighted by atomic mass is 10.0. The summed E-state index contributed by atoms with van der Waals surface area (Å²) < 4.78 is 51.4. The number of anilines is 1. The normalized spacial score (nSPS) is 11.9. The van der Waals surface area contributed by atoms with Crippen molar-refractivity contribution in [2.45, 2.75) is 6.36 Å². The van der Waals surface area contributed by atoms with Gasteiger partial charge in [-0.25, -0.2) is 4.99 Å². The molecule has 0 aliphatic rings.